The molecule has 0 aromatic heterocycles. The van der Waals surface area contributed by atoms with Crippen LogP contribution >= 0.6 is 0 Å². The van der Waals surface area contributed by atoms with Crippen LogP contribution in [0.5, 0.6) is 0 Å². The molecule has 2 rings (SSSR count). The quantitative estimate of drug-likeness (QED) is 0.563. The molecule has 0 unspecified atom stereocenters. The molecule has 0 bridgehead atoms. The SMILES string of the molecule is CCOC(=O)C[C@@](C)(/C=C/c1ccccc1)B1OC(C)(C)C(C)(C)O1. The van der Waals surface area contributed by atoms with Crippen molar-refractivity contribution in [1.82, 2.24) is 0 Å². The summed E-state index contributed by atoms with van der Waals surface area (Å²) in [7, 11) is -0.526. The minimum Gasteiger partial charge on any atom is -0.466 e. The molecule has 25 heavy (non-hydrogen) atoms. The Kier molecular flexibility index (Phi) is 5.80. The van der Waals surface area contributed by atoms with Gasteiger partial charge in [-0.2, -0.15) is 0 Å². The highest BCUT2D eigenvalue weighted by Gasteiger charge is 2.57. The number of allylic oxidation sites excluding steroid dienone is 1. The van der Waals surface area contributed by atoms with Gasteiger partial charge in [0, 0.05) is 5.31 Å². The number of ether oxygens (including phenoxy) is 1. The number of esters is 1. The fourth-order valence-electron chi connectivity index (χ4n) is 2.71. The Morgan fingerprint density at radius 2 is 1.72 bits per heavy atom. The van der Waals surface area contributed by atoms with Crippen LogP contribution in [-0.4, -0.2) is 30.9 Å². The van der Waals surface area contributed by atoms with E-state index < -0.39 is 23.6 Å². The molecule has 1 saturated heterocycles. The van der Waals surface area contributed by atoms with Crippen molar-refractivity contribution in [3.63, 3.8) is 0 Å². The molecule has 0 aliphatic carbocycles. The fraction of sp³-hybridized carbons (Fsp3) is 0.550. The van der Waals surface area contributed by atoms with E-state index >= 15 is 0 Å². The molecule has 1 aromatic rings. The van der Waals surface area contributed by atoms with Gasteiger partial charge in [0.2, 0.25) is 0 Å². The summed E-state index contributed by atoms with van der Waals surface area (Å²) in [5, 5.41) is -0.632. The third-order valence-electron chi connectivity index (χ3n) is 5.08. The number of carbonyl (C=O) groups excluding carboxylic acids is 1. The summed E-state index contributed by atoms with van der Waals surface area (Å²) < 4.78 is 17.6. The number of carbonyl (C=O) groups is 1. The third-order valence-corrected chi connectivity index (χ3v) is 5.08. The van der Waals surface area contributed by atoms with Crippen LogP contribution in [0.4, 0.5) is 0 Å². The lowest BCUT2D eigenvalue weighted by atomic mass is 9.56. The summed E-state index contributed by atoms with van der Waals surface area (Å²) in [4.78, 5) is 12.2. The lowest BCUT2D eigenvalue weighted by Crippen LogP contribution is -2.41. The van der Waals surface area contributed by atoms with E-state index in [1.54, 1.807) is 0 Å². The molecule has 1 aliphatic rings. The van der Waals surface area contributed by atoms with E-state index in [2.05, 4.69) is 0 Å². The average Bonchev–Trinajstić information content (AvgIpc) is 2.75. The zero-order valence-electron chi connectivity index (χ0n) is 16.2. The summed E-state index contributed by atoms with van der Waals surface area (Å²) >= 11 is 0. The lowest BCUT2D eigenvalue weighted by Gasteiger charge is -2.32. The fourth-order valence-corrected chi connectivity index (χ4v) is 2.71. The molecule has 4 nitrogen and oxygen atoms in total. The summed E-state index contributed by atoms with van der Waals surface area (Å²) in [6.07, 6.45) is 4.20. The number of benzene rings is 1. The minimum absolute atomic E-state index is 0.195. The standard InChI is InChI=1S/C20H29BO4/c1-7-23-17(22)15-20(6,14-13-16-11-9-8-10-12-16)21-24-18(2,3)19(4,5)25-21/h8-14H,7,15H2,1-6H3/b14-13+/t20-/m1/s1. The molecular weight excluding hydrogens is 315 g/mol. The van der Waals surface area contributed by atoms with Crippen LogP contribution in [0.15, 0.2) is 36.4 Å². The van der Waals surface area contributed by atoms with E-state index in [-0.39, 0.29) is 12.4 Å². The van der Waals surface area contributed by atoms with Crippen LogP contribution in [0.2, 0.25) is 5.31 Å². The van der Waals surface area contributed by atoms with Gasteiger partial charge >= 0.3 is 13.1 Å². The zero-order valence-corrected chi connectivity index (χ0v) is 16.2. The summed E-state index contributed by atoms with van der Waals surface area (Å²) in [5.41, 5.74) is 0.164. The molecule has 1 heterocycles. The highest BCUT2D eigenvalue weighted by molar-refractivity contribution is 6.51. The molecule has 1 aliphatic heterocycles. The molecule has 0 saturated carbocycles. The molecule has 0 radical (unpaired) electrons. The highest BCUT2D eigenvalue weighted by atomic mass is 16.7. The van der Waals surface area contributed by atoms with E-state index in [1.807, 2.05) is 84.0 Å². The maximum atomic E-state index is 12.2. The minimum atomic E-state index is -0.632. The van der Waals surface area contributed by atoms with E-state index in [4.69, 9.17) is 14.0 Å². The predicted octanol–water partition coefficient (Wildman–Crippen LogP) is 4.51. The largest absolute Gasteiger partial charge is 0.468 e. The molecule has 1 atom stereocenters. The maximum absolute atomic E-state index is 12.2. The van der Waals surface area contributed by atoms with Crippen molar-refractivity contribution in [2.24, 2.45) is 0 Å². The van der Waals surface area contributed by atoms with Crippen LogP contribution in [0.25, 0.3) is 6.08 Å². The third kappa shape index (κ3) is 4.53. The van der Waals surface area contributed by atoms with Crippen LogP contribution in [-0.2, 0) is 18.8 Å². The van der Waals surface area contributed by atoms with Crippen molar-refractivity contribution < 1.29 is 18.8 Å². The van der Waals surface area contributed by atoms with Crippen molar-refractivity contribution in [3.05, 3.63) is 42.0 Å². The molecule has 0 spiro atoms. The van der Waals surface area contributed by atoms with Crippen molar-refractivity contribution >= 4 is 19.2 Å². The first-order chi connectivity index (χ1) is 11.6. The first kappa shape index (κ1) is 19.7. The van der Waals surface area contributed by atoms with Gasteiger partial charge in [-0.05, 0) is 40.2 Å². The average molecular weight is 344 g/mol. The maximum Gasteiger partial charge on any atom is 0.468 e. The van der Waals surface area contributed by atoms with Gasteiger partial charge in [-0.3, -0.25) is 4.79 Å². The van der Waals surface area contributed by atoms with Gasteiger partial charge in [0.05, 0.1) is 24.2 Å². The first-order valence-electron chi connectivity index (χ1n) is 8.85. The van der Waals surface area contributed by atoms with Gasteiger partial charge in [0.1, 0.15) is 0 Å². The number of hydrogen-bond donors (Lipinski definition) is 0. The van der Waals surface area contributed by atoms with Crippen molar-refractivity contribution in [2.75, 3.05) is 6.61 Å². The Morgan fingerprint density at radius 1 is 1.16 bits per heavy atom. The summed E-state index contributed by atoms with van der Waals surface area (Å²) in [6.45, 7) is 12.2. The van der Waals surface area contributed by atoms with Gasteiger partial charge in [-0.25, -0.2) is 0 Å². The second-order valence-corrected chi connectivity index (χ2v) is 7.82. The smallest absolute Gasteiger partial charge is 0.466 e. The molecule has 136 valence electrons. The van der Waals surface area contributed by atoms with Crippen molar-refractivity contribution in [2.45, 2.75) is 64.5 Å². The first-order valence-corrected chi connectivity index (χ1v) is 8.85. The summed E-state index contributed by atoms with van der Waals surface area (Å²) in [5.74, 6) is -0.252. The molecule has 0 amide bonds. The monoisotopic (exact) mass is 344 g/mol. The molecule has 0 N–H and O–H groups in total. The van der Waals surface area contributed by atoms with Crippen LogP contribution in [0, 0.1) is 0 Å². The molecule has 1 fully saturated rings. The van der Waals surface area contributed by atoms with E-state index in [0.717, 1.165) is 5.56 Å². The Bertz CT molecular complexity index is 608. The van der Waals surface area contributed by atoms with E-state index in [0.29, 0.717) is 6.61 Å². The van der Waals surface area contributed by atoms with Crippen LogP contribution < -0.4 is 0 Å². The second kappa shape index (κ2) is 7.34. The highest BCUT2D eigenvalue weighted by Crippen LogP contribution is 2.47. The zero-order chi connectivity index (χ0) is 18.7. The Hall–Kier alpha value is -1.59. The van der Waals surface area contributed by atoms with Gasteiger partial charge in [0.25, 0.3) is 0 Å². The second-order valence-electron chi connectivity index (χ2n) is 7.82. The predicted molar refractivity (Wildman–Crippen MR) is 101 cm³/mol. The van der Waals surface area contributed by atoms with E-state index in [1.165, 1.54) is 0 Å². The Morgan fingerprint density at radius 3 is 2.24 bits per heavy atom. The van der Waals surface area contributed by atoms with Gasteiger partial charge in [-0.15, -0.1) is 0 Å². The number of rotatable bonds is 6. The van der Waals surface area contributed by atoms with E-state index in [9.17, 15) is 4.79 Å². The Labute approximate surface area is 151 Å². The topological polar surface area (TPSA) is 44.8 Å². The molecule has 1 aromatic carbocycles. The van der Waals surface area contributed by atoms with Gasteiger partial charge < -0.3 is 14.0 Å². The van der Waals surface area contributed by atoms with Gasteiger partial charge in [-0.1, -0.05) is 49.4 Å². The normalized spacial score (nSPS) is 21.3. The molecule has 5 heteroatoms. The van der Waals surface area contributed by atoms with Crippen molar-refractivity contribution in [1.29, 1.82) is 0 Å². The Balaban J connectivity index is 2.29. The van der Waals surface area contributed by atoms with Gasteiger partial charge in [0.15, 0.2) is 0 Å². The number of hydrogen-bond acceptors (Lipinski definition) is 4. The molecular formula is C20H29BO4. The summed E-state index contributed by atoms with van der Waals surface area (Å²) in [6, 6.07) is 9.98. The lowest BCUT2D eigenvalue weighted by molar-refractivity contribution is -0.143. The van der Waals surface area contributed by atoms with Crippen LogP contribution in [0.1, 0.15) is 53.5 Å². The van der Waals surface area contributed by atoms with Crippen molar-refractivity contribution in [3.8, 4) is 0 Å². The van der Waals surface area contributed by atoms with Crippen LogP contribution in [0.3, 0.4) is 0 Å².